The standard InChI is InChI=1S/C16H21BrN2O3S/c17-14-3-1-12(2-4-14)11-23(21,22)19-9-7-13(8-10-19)16(20)18-15-5-6-15/h1-4,13,15H,5-11H2,(H,18,20). The van der Waals surface area contributed by atoms with Gasteiger partial charge in [-0.2, -0.15) is 0 Å². The van der Waals surface area contributed by atoms with Crippen LogP contribution in [-0.2, 0) is 20.6 Å². The molecule has 0 unspecified atom stereocenters. The van der Waals surface area contributed by atoms with Crippen molar-refractivity contribution in [2.24, 2.45) is 5.92 Å². The van der Waals surface area contributed by atoms with Gasteiger partial charge in [-0.25, -0.2) is 12.7 Å². The minimum atomic E-state index is -3.32. The number of rotatable bonds is 5. The maximum Gasteiger partial charge on any atom is 0.223 e. The molecule has 2 aliphatic rings. The number of sulfonamides is 1. The Kier molecular flexibility index (Phi) is 5.08. The van der Waals surface area contributed by atoms with Crippen LogP contribution in [0.4, 0.5) is 0 Å². The highest BCUT2D eigenvalue weighted by molar-refractivity contribution is 9.10. The fraction of sp³-hybridized carbons (Fsp3) is 0.562. The zero-order valence-corrected chi connectivity index (χ0v) is 15.3. The second-order valence-corrected chi connectivity index (χ2v) is 9.22. The Morgan fingerprint density at radius 3 is 2.30 bits per heavy atom. The molecule has 0 bridgehead atoms. The summed E-state index contributed by atoms with van der Waals surface area (Å²) in [6, 6.07) is 7.69. The first kappa shape index (κ1) is 16.9. The van der Waals surface area contributed by atoms with Gasteiger partial charge in [-0.15, -0.1) is 0 Å². The predicted molar refractivity (Wildman–Crippen MR) is 92.2 cm³/mol. The quantitative estimate of drug-likeness (QED) is 0.823. The third-order valence-electron chi connectivity index (χ3n) is 4.40. The molecule has 5 nitrogen and oxygen atoms in total. The molecule has 0 atom stereocenters. The van der Waals surface area contributed by atoms with Gasteiger partial charge >= 0.3 is 0 Å². The molecular weight excluding hydrogens is 380 g/mol. The Morgan fingerprint density at radius 2 is 1.74 bits per heavy atom. The lowest BCUT2D eigenvalue weighted by atomic mass is 9.97. The molecule has 0 spiro atoms. The molecule has 1 heterocycles. The van der Waals surface area contributed by atoms with Gasteiger partial charge in [0.15, 0.2) is 0 Å². The van der Waals surface area contributed by atoms with Gasteiger partial charge in [0.05, 0.1) is 5.75 Å². The van der Waals surface area contributed by atoms with Gasteiger partial charge in [-0.3, -0.25) is 4.79 Å². The third-order valence-corrected chi connectivity index (χ3v) is 6.78. The Hall–Kier alpha value is -0.920. The van der Waals surface area contributed by atoms with Gasteiger partial charge in [0.1, 0.15) is 0 Å². The summed E-state index contributed by atoms with van der Waals surface area (Å²) < 4.78 is 27.5. The van der Waals surface area contributed by atoms with Crippen molar-refractivity contribution in [2.45, 2.75) is 37.5 Å². The number of carbonyl (C=O) groups is 1. The van der Waals surface area contributed by atoms with E-state index < -0.39 is 10.0 Å². The summed E-state index contributed by atoms with van der Waals surface area (Å²) in [6.45, 7) is 0.864. The average molecular weight is 401 g/mol. The number of piperidine rings is 1. The predicted octanol–water partition coefficient (Wildman–Crippen LogP) is 2.27. The fourth-order valence-electron chi connectivity index (χ4n) is 2.83. The molecular formula is C16H21BrN2O3S. The van der Waals surface area contributed by atoms with Crippen LogP contribution in [0.2, 0.25) is 0 Å². The molecule has 2 fully saturated rings. The number of hydrogen-bond acceptors (Lipinski definition) is 3. The van der Waals surface area contributed by atoms with Crippen molar-refractivity contribution < 1.29 is 13.2 Å². The zero-order valence-electron chi connectivity index (χ0n) is 12.9. The molecule has 1 amide bonds. The Labute approximate surface area is 145 Å². The summed E-state index contributed by atoms with van der Waals surface area (Å²) in [5.41, 5.74) is 0.779. The number of benzene rings is 1. The molecule has 7 heteroatoms. The van der Waals surface area contributed by atoms with Crippen LogP contribution in [-0.4, -0.2) is 37.8 Å². The number of nitrogens with zero attached hydrogens (tertiary/aromatic N) is 1. The van der Waals surface area contributed by atoms with E-state index in [1.165, 1.54) is 4.31 Å². The van der Waals surface area contributed by atoms with Crippen LogP contribution in [0.15, 0.2) is 28.7 Å². The molecule has 1 aromatic carbocycles. The molecule has 1 saturated heterocycles. The van der Waals surface area contributed by atoms with Crippen molar-refractivity contribution in [2.75, 3.05) is 13.1 Å². The van der Waals surface area contributed by atoms with E-state index in [0.29, 0.717) is 32.0 Å². The Morgan fingerprint density at radius 1 is 1.13 bits per heavy atom. The molecule has 1 N–H and O–H groups in total. The largest absolute Gasteiger partial charge is 0.353 e. The highest BCUT2D eigenvalue weighted by Gasteiger charge is 2.33. The molecule has 0 aromatic heterocycles. The maximum absolute atomic E-state index is 12.5. The van der Waals surface area contributed by atoms with Gasteiger partial charge in [0.25, 0.3) is 0 Å². The first-order chi connectivity index (χ1) is 10.9. The summed E-state index contributed by atoms with van der Waals surface area (Å²) in [5, 5.41) is 3.01. The van der Waals surface area contributed by atoms with Crippen LogP contribution in [0.5, 0.6) is 0 Å². The van der Waals surface area contributed by atoms with Crippen molar-refractivity contribution in [1.29, 1.82) is 0 Å². The molecule has 1 aromatic rings. The minimum absolute atomic E-state index is 0.0131. The molecule has 1 saturated carbocycles. The lowest BCUT2D eigenvalue weighted by Crippen LogP contribution is -2.43. The SMILES string of the molecule is O=C(NC1CC1)C1CCN(S(=O)(=O)Cc2ccc(Br)cc2)CC1. The molecule has 1 aliphatic heterocycles. The van der Waals surface area contributed by atoms with Crippen LogP contribution in [0.1, 0.15) is 31.2 Å². The topological polar surface area (TPSA) is 66.5 Å². The van der Waals surface area contributed by atoms with Crippen LogP contribution in [0.3, 0.4) is 0 Å². The second kappa shape index (κ2) is 6.91. The summed E-state index contributed by atoms with van der Waals surface area (Å²) in [6.07, 6.45) is 3.37. The van der Waals surface area contributed by atoms with E-state index in [2.05, 4.69) is 21.2 Å². The Bertz CT molecular complexity index is 663. The van der Waals surface area contributed by atoms with Crippen LogP contribution < -0.4 is 5.32 Å². The van der Waals surface area contributed by atoms with E-state index >= 15 is 0 Å². The summed E-state index contributed by atoms with van der Waals surface area (Å²) in [4.78, 5) is 12.0. The van der Waals surface area contributed by atoms with Gasteiger partial charge in [-0.1, -0.05) is 28.1 Å². The first-order valence-electron chi connectivity index (χ1n) is 7.97. The van der Waals surface area contributed by atoms with Gasteiger partial charge in [0.2, 0.25) is 15.9 Å². The third kappa shape index (κ3) is 4.55. The van der Waals surface area contributed by atoms with Gasteiger partial charge < -0.3 is 5.32 Å². The number of carbonyl (C=O) groups excluding carboxylic acids is 1. The highest BCUT2D eigenvalue weighted by Crippen LogP contribution is 2.24. The lowest BCUT2D eigenvalue weighted by molar-refractivity contribution is -0.126. The molecule has 126 valence electrons. The van der Waals surface area contributed by atoms with E-state index in [1.54, 1.807) is 0 Å². The van der Waals surface area contributed by atoms with Crippen molar-refractivity contribution in [3.05, 3.63) is 34.3 Å². The molecule has 0 radical (unpaired) electrons. The molecule has 23 heavy (non-hydrogen) atoms. The highest BCUT2D eigenvalue weighted by atomic mass is 79.9. The summed E-state index contributed by atoms with van der Waals surface area (Å²) >= 11 is 3.35. The van der Waals surface area contributed by atoms with Crippen molar-refractivity contribution in [1.82, 2.24) is 9.62 Å². The maximum atomic E-state index is 12.5. The normalized spacial score (nSPS) is 20.4. The second-order valence-electron chi connectivity index (χ2n) is 6.34. The molecule has 1 aliphatic carbocycles. The minimum Gasteiger partial charge on any atom is -0.353 e. The van der Waals surface area contributed by atoms with Crippen molar-refractivity contribution in [3.63, 3.8) is 0 Å². The number of amides is 1. The monoisotopic (exact) mass is 400 g/mol. The van der Waals surface area contributed by atoms with Crippen molar-refractivity contribution >= 4 is 31.9 Å². The van der Waals surface area contributed by atoms with Crippen molar-refractivity contribution in [3.8, 4) is 0 Å². The Balaban J connectivity index is 1.55. The van der Waals surface area contributed by atoms with E-state index in [-0.39, 0.29) is 17.6 Å². The van der Waals surface area contributed by atoms with E-state index in [9.17, 15) is 13.2 Å². The zero-order chi connectivity index (χ0) is 16.4. The lowest BCUT2D eigenvalue weighted by Gasteiger charge is -2.30. The number of halogens is 1. The number of nitrogens with one attached hydrogen (secondary N) is 1. The fourth-order valence-corrected chi connectivity index (χ4v) is 4.65. The van der Waals surface area contributed by atoms with Crippen LogP contribution >= 0.6 is 15.9 Å². The van der Waals surface area contributed by atoms with E-state index in [0.717, 1.165) is 22.9 Å². The smallest absolute Gasteiger partial charge is 0.223 e. The average Bonchev–Trinajstić information content (AvgIpc) is 3.33. The van der Waals surface area contributed by atoms with Gasteiger partial charge in [0, 0.05) is 29.5 Å². The van der Waals surface area contributed by atoms with E-state index in [4.69, 9.17) is 0 Å². The number of hydrogen-bond donors (Lipinski definition) is 1. The van der Waals surface area contributed by atoms with Crippen LogP contribution in [0.25, 0.3) is 0 Å². The molecule has 3 rings (SSSR count). The van der Waals surface area contributed by atoms with Gasteiger partial charge in [-0.05, 0) is 43.4 Å². The first-order valence-corrected chi connectivity index (χ1v) is 10.4. The van der Waals surface area contributed by atoms with Crippen LogP contribution in [0, 0.1) is 5.92 Å². The summed E-state index contributed by atoms with van der Waals surface area (Å²) in [7, 11) is -3.32. The summed E-state index contributed by atoms with van der Waals surface area (Å²) in [5.74, 6) is 0.0614. The van der Waals surface area contributed by atoms with E-state index in [1.807, 2.05) is 24.3 Å².